The number of urea groups is 1. The van der Waals surface area contributed by atoms with Gasteiger partial charge in [0.2, 0.25) is 0 Å². The van der Waals surface area contributed by atoms with Crippen molar-refractivity contribution in [1.29, 1.82) is 0 Å². The van der Waals surface area contributed by atoms with Crippen molar-refractivity contribution in [3.63, 3.8) is 0 Å². The number of aliphatic carboxylic acids is 1. The molecule has 2 aromatic rings. The zero-order valence-electron chi connectivity index (χ0n) is 16.6. The number of carboxylic acids is 1. The van der Waals surface area contributed by atoms with Gasteiger partial charge in [-0.3, -0.25) is 14.9 Å². The van der Waals surface area contributed by atoms with Gasteiger partial charge >= 0.3 is 12.0 Å². The number of rotatable bonds is 5. The van der Waals surface area contributed by atoms with Gasteiger partial charge in [0.15, 0.2) is 6.10 Å². The van der Waals surface area contributed by atoms with E-state index in [-0.39, 0.29) is 5.57 Å². The lowest BCUT2D eigenvalue weighted by atomic mass is 10.0. The Balaban J connectivity index is 1.91. The summed E-state index contributed by atoms with van der Waals surface area (Å²) in [4.78, 5) is 49.5. The number of imide groups is 2. The first kappa shape index (κ1) is 20.8. The number of hydrogen-bond acceptors (Lipinski definition) is 5. The molecule has 0 aliphatic carbocycles. The summed E-state index contributed by atoms with van der Waals surface area (Å²) in [6.07, 6.45) is 0.351. The monoisotopic (exact) mass is 408 g/mol. The van der Waals surface area contributed by atoms with Gasteiger partial charge in [-0.15, -0.1) is 0 Å². The van der Waals surface area contributed by atoms with Crippen LogP contribution in [-0.4, -0.2) is 35.0 Å². The molecular formula is C22H20N2O6. The maximum absolute atomic E-state index is 13.0. The Morgan fingerprint density at radius 2 is 1.77 bits per heavy atom. The van der Waals surface area contributed by atoms with E-state index in [0.29, 0.717) is 17.0 Å². The largest absolute Gasteiger partial charge is 0.479 e. The number of carboxylic acid groups (broad SMARTS) is 1. The minimum Gasteiger partial charge on any atom is -0.479 e. The highest BCUT2D eigenvalue weighted by Crippen LogP contribution is 2.27. The van der Waals surface area contributed by atoms with E-state index in [1.54, 1.807) is 31.2 Å². The summed E-state index contributed by atoms with van der Waals surface area (Å²) in [6.45, 7) is 5.06. The first-order valence-corrected chi connectivity index (χ1v) is 9.16. The second-order valence-corrected chi connectivity index (χ2v) is 6.84. The number of benzene rings is 2. The molecule has 3 rings (SSSR count). The number of nitrogens with zero attached hydrogens (tertiary/aromatic N) is 1. The molecule has 0 radical (unpaired) electrons. The predicted octanol–water partition coefficient (Wildman–Crippen LogP) is 2.82. The molecule has 1 heterocycles. The van der Waals surface area contributed by atoms with Gasteiger partial charge in [0.25, 0.3) is 11.8 Å². The molecule has 2 aromatic carbocycles. The van der Waals surface area contributed by atoms with Gasteiger partial charge in [-0.1, -0.05) is 24.3 Å². The lowest BCUT2D eigenvalue weighted by molar-refractivity contribution is -0.144. The summed E-state index contributed by atoms with van der Waals surface area (Å²) >= 11 is 0. The van der Waals surface area contributed by atoms with Gasteiger partial charge in [-0.2, -0.15) is 0 Å². The third kappa shape index (κ3) is 4.07. The number of ether oxygens (including phenoxy) is 1. The van der Waals surface area contributed by atoms with Crippen LogP contribution in [0.4, 0.5) is 10.5 Å². The molecule has 8 nitrogen and oxygen atoms in total. The molecular weight excluding hydrogens is 388 g/mol. The van der Waals surface area contributed by atoms with Crippen molar-refractivity contribution in [3.05, 3.63) is 64.7 Å². The lowest BCUT2D eigenvalue weighted by Gasteiger charge is -2.28. The summed E-state index contributed by atoms with van der Waals surface area (Å²) in [5, 5.41) is 11.1. The van der Waals surface area contributed by atoms with Crippen LogP contribution < -0.4 is 15.0 Å². The van der Waals surface area contributed by atoms with Crippen LogP contribution in [0.25, 0.3) is 6.08 Å². The van der Waals surface area contributed by atoms with Crippen molar-refractivity contribution in [2.75, 3.05) is 4.90 Å². The van der Waals surface area contributed by atoms with Crippen molar-refractivity contribution in [3.8, 4) is 5.75 Å². The Morgan fingerprint density at radius 3 is 2.40 bits per heavy atom. The Hall–Kier alpha value is -3.94. The Labute approximate surface area is 172 Å². The summed E-state index contributed by atoms with van der Waals surface area (Å²) in [7, 11) is 0. The third-order valence-corrected chi connectivity index (χ3v) is 4.77. The van der Waals surface area contributed by atoms with Gasteiger partial charge in [0, 0.05) is 0 Å². The molecule has 0 spiro atoms. The molecule has 1 aliphatic rings. The highest BCUT2D eigenvalue weighted by Gasteiger charge is 2.37. The molecule has 1 atom stereocenters. The first-order valence-electron chi connectivity index (χ1n) is 9.16. The van der Waals surface area contributed by atoms with Gasteiger partial charge < -0.3 is 9.84 Å². The molecule has 0 aromatic heterocycles. The van der Waals surface area contributed by atoms with Crippen LogP contribution in [0.3, 0.4) is 0 Å². The average molecular weight is 408 g/mol. The number of nitrogens with one attached hydrogen (secondary N) is 1. The standard InChI is InChI=1S/C22H20N2O6/c1-12-5-4-6-18(13(12)2)24-20(26)17(19(25)23-22(24)29)11-15-7-9-16(10-8-15)30-14(3)21(27)28/h4-11,14H,1-3H3,(H,27,28)(H,23,25,29)/b17-11+/t14-/m0/s1. The normalized spacial score (nSPS) is 16.4. The maximum Gasteiger partial charge on any atom is 0.344 e. The number of amides is 4. The highest BCUT2D eigenvalue weighted by atomic mass is 16.5. The Kier molecular flexibility index (Phi) is 5.68. The molecule has 1 aliphatic heterocycles. The van der Waals surface area contributed by atoms with Crippen LogP contribution in [-0.2, 0) is 14.4 Å². The fraction of sp³-hybridized carbons (Fsp3) is 0.182. The molecule has 30 heavy (non-hydrogen) atoms. The smallest absolute Gasteiger partial charge is 0.344 e. The molecule has 154 valence electrons. The number of carbonyl (C=O) groups is 4. The lowest BCUT2D eigenvalue weighted by Crippen LogP contribution is -2.54. The fourth-order valence-corrected chi connectivity index (χ4v) is 2.92. The SMILES string of the molecule is Cc1cccc(N2C(=O)NC(=O)/C(=C\c3ccc(O[C@@H](C)C(=O)O)cc3)C2=O)c1C. The zero-order chi connectivity index (χ0) is 22.0. The number of hydrogen-bond donors (Lipinski definition) is 2. The molecule has 8 heteroatoms. The topological polar surface area (TPSA) is 113 Å². The molecule has 4 amide bonds. The molecule has 0 saturated carbocycles. The van der Waals surface area contributed by atoms with E-state index in [4.69, 9.17) is 9.84 Å². The van der Waals surface area contributed by atoms with E-state index in [0.717, 1.165) is 16.0 Å². The van der Waals surface area contributed by atoms with E-state index < -0.39 is 29.9 Å². The highest BCUT2D eigenvalue weighted by molar-refractivity contribution is 6.39. The number of aryl methyl sites for hydroxylation is 1. The Morgan fingerprint density at radius 1 is 1.10 bits per heavy atom. The molecule has 1 saturated heterocycles. The van der Waals surface area contributed by atoms with Crippen molar-refractivity contribution in [2.45, 2.75) is 26.9 Å². The molecule has 1 fully saturated rings. The van der Waals surface area contributed by atoms with E-state index in [1.165, 1.54) is 25.1 Å². The average Bonchev–Trinajstić information content (AvgIpc) is 2.69. The van der Waals surface area contributed by atoms with Crippen LogP contribution in [0, 0.1) is 13.8 Å². The zero-order valence-corrected chi connectivity index (χ0v) is 16.6. The van der Waals surface area contributed by atoms with Gasteiger partial charge in [0.05, 0.1) is 5.69 Å². The molecule has 0 bridgehead atoms. The van der Waals surface area contributed by atoms with Gasteiger partial charge in [0.1, 0.15) is 11.3 Å². The summed E-state index contributed by atoms with van der Waals surface area (Å²) in [5.74, 6) is -2.27. The summed E-state index contributed by atoms with van der Waals surface area (Å²) < 4.78 is 5.26. The summed E-state index contributed by atoms with van der Waals surface area (Å²) in [5.41, 5.74) is 2.38. The van der Waals surface area contributed by atoms with Crippen LogP contribution >= 0.6 is 0 Å². The van der Waals surface area contributed by atoms with E-state index in [1.807, 2.05) is 13.0 Å². The third-order valence-electron chi connectivity index (χ3n) is 4.77. The number of anilines is 1. The number of carbonyl (C=O) groups excluding carboxylic acids is 3. The summed E-state index contributed by atoms with van der Waals surface area (Å²) in [6, 6.07) is 10.7. The fourth-order valence-electron chi connectivity index (χ4n) is 2.92. The minimum absolute atomic E-state index is 0.192. The van der Waals surface area contributed by atoms with Crippen LogP contribution in [0.2, 0.25) is 0 Å². The van der Waals surface area contributed by atoms with E-state index >= 15 is 0 Å². The van der Waals surface area contributed by atoms with Crippen LogP contribution in [0.1, 0.15) is 23.6 Å². The van der Waals surface area contributed by atoms with Gasteiger partial charge in [-0.25, -0.2) is 14.5 Å². The van der Waals surface area contributed by atoms with E-state index in [2.05, 4.69) is 5.32 Å². The van der Waals surface area contributed by atoms with Crippen molar-refractivity contribution >= 4 is 35.6 Å². The second-order valence-electron chi connectivity index (χ2n) is 6.84. The number of barbiturate groups is 1. The quantitative estimate of drug-likeness (QED) is 0.581. The first-order chi connectivity index (χ1) is 14.2. The predicted molar refractivity (Wildman–Crippen MR) is 109 cm³/mol. The molecule has 0 unspecified atom stereocenters. The molecule has 2 N–H and O–H groups in total. The van der Waals surface area contributed by atoms with Crippen molar-refractivity contribution in [1.82, 2.24) is 5.32 Å². The minimum atomic E-state index is -1.10. The van der Waals surface area contributed by atoms with Crippen LogP contribution in [0.5, 0.6) is 5.75 Å². The van der Waals surface area contributed by atoms with Crippen molar-refractivity contribution < 1.29 is 29.0 Å². The maximum atomic E-state index is 13.0. The van der Waals surface area contributed by atoms with Crippen LogP contribution in [0.15, 0.2) is 48.0 Å². The van der Waals surface area contributed by atoms with Gasteiger partial charge in [-0.05, 0) is 61.7 Å². The second kappa shape index (κ2) is 8.20. The van der Waals surface area contributed by atoms with Crippen molar-refractivity contribution in [2.24, 2.45) is 0 Å². The Bertz CT molecular complexity index is 1070. The van der Waals surface area contributed by atoms with E-state index in [9.17, 15) is 19.2 Å².